The van der Waals surface area contributed by atoms with Crippen molar-refractivity contribution in [3.8, 4) is 44.5 Å². The number of para-hydroxylation sites is 2. The number of hydrogen-bond acceptors (Lipinski definition) is 2. The number of rotatable bonds is 4. The molecule has 0 unspecified atom stereocenters. The van der Waals surface area contributed by atoms with Crippen LogP contribution in [0.2, 0.25) is 0 Å². The summed E-state index contributed by atoms with van der Waals surface area (Å²) in [6, 6.07) is 77.7. The van der Waals surface area contributed by atoms with Gasteiger partial charge in [0.05, 0.1) is 16.6 Å². The number of nitrogens with zero attached hydrogens (tertiary/aromatic N) is 1. The van der Waals surface area contributed by atoms with E-state index >= 15 is 0 Å². The van der Waals surface area contributed by atoms with E-state index in [1.54, 1.807) is 0 Å². The summed E-state index contributed by atoms with van der Waals surface area (Å²) < 4.78 is 14.9. The van der Waals surface area contributed by atoms with Gasteiger partial charge in [-0.3, -0.25) is 0 Å². The second-order valence-electron chi connectivity index (χ2n) is 17.7. The monoisotopic (exact) mass is 825 g/mol. The molecule has 0 N–H and O–H groups in total. The molecule has 4 aromatic heterocycles. The Hall–Kier alpha value is -8.66. The summed E-state index contributed by atoms with van der Waals surface area (Å²) in [4.78, 5) is 0. The van der Waals surface area contributed by atoms with E-state index in [-0.39, 0.29) is 0 Å². The molecule has 3 heteroatoms. The van der Waals surface area contributed by atoms with Gasteiger partial charge in [0.25, 0.3) is 0 Å². The summed E-state index contributed by atoms with van der Waals surface area (Å²) in [5.74, 6) is 0. The van der Waals surface area contributed by atoms with Gasteiger partial charge in [0, 0.05) is 43.1 Å². The topological polar surface area (TPSA) is 30.7 Å². The fraction of sp³-hybridized carbons (Fsp3) is 0. The molecule has 0 atom stereocenters. The van der Waals surface area contributed by atoms with Crippen LogP contribution in [-0.2, 0) is 0 Å². The summed E-state index contributed by atoms with van der Waals surface area (Å²) in [6.45, 7) is 0. The lowest BCUT2D eigenvalue weighted by atomic mass is 9.95. The first kappa shape index (κ1) is 34.9. The molecule has 3 nitrogen and oxygen atoms in total. The molecule has 0 spiro atoms. The highest BCUT2D eigenvalue weighted by Crippen LogP contribution is 2.45. The van der Waals surface area contributed by atoms with E-state index in [0.29, 0.717) is 0 Å². The van der Waals surface area contributed by atoms with Crippen molar-refractivity contribution in [1.82, 2.24) is 4.40 Å². The van der Waals surface area contributed by atoms with Gasteiger partial charge in [-0.15, -0.1) is 0 Å². The van der Waals surface area contributed by atoms with Gasteiger partial charge in [0.2, 0.25) is 0 Å². The van der Waals surface area contributed by atoms with Gasteiger partial charge >= 0.3 is 0 Å². The van der Waals surface area contributed by atoms with Crippen LogP contribution in [0.1, 0.15) is 0 Å². The van der Waals surface area contributed by atoms with E-state index in [1.165, 1.54) is 104 Å². The second kappa shape index (κ2) is 12.9. The molecule has 0 amide bonds. The molecule has 300 valence electrons. The van der Waals surface area contributed by atoms with Crippen molar-refractivity contribution in [3.63, 3.8) is 0 Å². The molecule has 0 bridgehead atoms. The Kier molecular flexibility index (Phi) is 6.95. The van der Waals surface area contributed by atoms with Crippen LogP contribution in [0.4, 0.5) is 0 Å². The van der Waals surface area contributed by atoms with E-state index in [4.69, 9.17) is 8.83 Å². The van der Waals surface area contributed by atoms with E-state index < -0.39 is 0 Å². The largest absolute Gasteiger partial charge is 0.456 e. The Balaban J connectivity index is 0.948. The van der Waals surface area contributed by atoms with Gasteiger partial charge in [-0.25, -0.2) is 0 Å². The van der Waals surface area contributed by atoms with Crippen LogP contribution in [0.3, 0.4) is 0 Å². The summed E-state index contributed by atoms with van der Waals surface area (Å²) in [6.07, 6.45) is 0. The van der Waals surface area contributed by atoms with Crippen molar-refractivity contribution in [1.29, 1.82) is 0 Å². The average Bonchev–Trinajstić information content (AvgIpc) is 4.11. The minimum atomic E-state index is 0.911. The number of aromatic nitrogens is 1. The summed E-state index contributed by atoms with van der Waals surface area (Å²) in [5.41, 5.74) is 16.9. The van der Waals surface area contributed by atoms with Crippen molar-refractivity contribution in [2.75, 3.05) is 0 Å². The summed E-state index contributed by atoms with van der Waals surface area (Å²) >= 11 is 0. The number of hydrogen-bond donors (Lipinski definition) is 0. The molecule has 0 saturated heterocycles. The predicted molar refractivity (Wildman–Crippen MR) is 272 cm³/mol. The van der Waals surface area contributed by atoms with Crippen LogP contribution < -0.4 is 0 Å². The molecule has 11 aromatic carbocycles. The van der Waals surface area contributed by atoms with Gasteiger partial charge in [-0.2, -0.15) is 0 Å². The van der Waals surface area contributed by atoms with Crippen LogP contribution in [0.15, 0.2) is 221 Å². The Morgan fingerprint density at radius 1 is 0.231 bits per heavy atom. The van der Waals surface area contributed by atoms with Gasteiger partial charge in [-0.1, -0.05) is 127 Å². The zero-order chi connectivity index (χ0) is 42.3. The number of benzene rings is 11. The van der Waals surface area contributed by atoms with Gasteiger partial charge in [-0.05, 0) is 151 Å². The first-order valence-electron chi connectivity index (χ1n) is 22.3. The molecule has 0 radical (unpaired) electrons. The zero-order valence-corrected chi connectivity index (χ0v) is 35.0. The molecule has 0 aliphatic heterocycles. The van der Waals surface area contributed by atoms with Gasteiger partial charge in [0.15, 0.2) is 0 Å². The Morgan fingerprint density at radius 3 is 1.17 bits per heavy atom. The van der Waals surface area contributed by atoms with E-state index in [2.05, 4.69) is 192 Å². The number of furan rings is 2. The molecule has 15 aromatic rings. The molecular weight excluding hydrogens is 791 g/mol. The minimum absolute atomic E-state index is 0.911. The van der Waals surface area contributed by atoms with Gasteiger partial charge < -0.3 is 13.2 Å². The molecule has 0 aliphatic carbocycles. The van der Waals surface area contributed by atoms with E-state index in [1.807, 2.05) is 24.3 Å². The fourth-order valence-corrected chi connectivity index (χ4v) is 10.9. The maximum Gasteiger partial charge on any atom is 0.135 e. The van der Waals surface area contributed by atoms with Crippen molar-refractivity contribution >= 4 is 104 Å². The molecule has 65 heavy (non-hydrogen) atoms. The zero-order valence-electron chi connectivity index (χ0n) is 35.0. The highest BCUT2D eigenvalue weighted by atomic mass is 16.3. The van der Waals surface area contributed by atoms with Crippen LogP contribution >= 0.6 is 0 Å². The third kappa shape index (κ3) is 5.12. The van der Waals surface area contributed by atoms with Crippen LogP contribution in [-0.4, -0.2) is 4.40 Å². The highest BCUT2D eigenvalue weighted by molar-refractivity contribution is 6.27. The maximum absolute atomic E-state index is 6.19. The summed E-state index contributed by atoms with van der Waals surface area (Å²) in [7, 11) is 0. The SMILES string of the molecule is c1ccc(-c2ccc(-c3cc4c5cc6ccc(-c7ccc8oc9ccccc9c8c7)cc6cc5n5c6cc7cc(-c8ccc9oc%10ccccc%10c9c8)ccc7cc6c(c3)c45)cc2)cc1. The molecular formula is C62H35NO2. The van der Waals surface area contributed by atoms with Crippen molar-refractivity contribution in [2.45, 2.75) is 0 Å². The minimum Gasteiger partial charge on any atom is -0.456 e. The number of fused-ring (bicyclic) bond motifs is 14. The third-order valence-electron chi connectivity index (χ3n) is 14.1. The molecule has 0 saturated carbocycles. The average molecular weight is 826 g/mol. The Labute approximate surface area is 371 Å². The van der Waals surface area contributed by atoms with Crippen molar-refractivity contribution < 1.29 is 8.83 Å². The molecule has 0 aliphatic rings. The Morgan fingerprint density at radius 2 is 0.631 bits per heavy atom. The first-order chi connectivity index (χ1) is 32.1. The molecule has 15 rings (SSSR count). The lowest BCUT2D eigenvalue weighted by Crippen LogP contribution is -1.84. The Bertz CT molecular complexity index is 4210. The third-order valence-corrected chi connectivity index (χ3v) is 14.1. The lowest BCUT2D eigenvalue weighted by Gasteiger charge is -2.08. The van der Waals surface area contributed by atoms with Crippen molar-refractivity contribution in [3.05, 3.63) is 212 Å². The first-order valence-corrected chi connectivity index (χ1v) is 22.3. The predicted octanol–water partition coefficient (Wildman–Crippen LogP) is 17.6. The van der Waals surface area contributed by atoms with Crippen molar-refractivity contribution in [2.24, 2.45) is 0 Å². The van der Waals surface area contributed by atoms with E-state index in [9.17, 15) is 0 Å². The standard InChI is InChI=1S/C62H35NO2/c1-2-8-36(9-3-1)37-14-16-38(17-15-37)47-32-54-50-28-43-20-18-39(41-22-24-60-52(30-41)48-10-4-6-12-58(48)64-60)26-45(43)34-56(50)63-57-35-46-27-40(19-21-44(46)29-51(57)55(33-47)62(54)63)42-23-25-61-53(31-42)49-11-5-7-13-59(49)65-61/h1-35H. The van der Waals surface area contributed by atoms with E-state index in [0.717, 1.165) is 43.9 Å². The lowest BCUT2D eigenvalue weighted by molar-refractivity contribution is 0.668. The van der Waals surface area contributed by atoms with Crippen LogP contribution in [0, 0.1) is 0 Å². The normalized spacial score (nSPS) is 12.3. The van der Waals surface area contributed by atoms with Crippen LogP contribution in [0.25, 0.3) is 148 Å². The quantitative estimate of drug-likeness (QED) is 0.177. The smallest absolute Gasteiger partial charge is 0.135 e. The molecule has 4 heterocycles. The maximum atomic E-state index is 6.19. The molecule has 0 fully saturated rings. The van der Waals surface area contributed by atoms with Gasteiger partial charge in [0.1, 0.15) is 22.3 Å². The highest BCUT2D eigenvalue weighted by Gasteiger charge is 2.21. The summed E-state index contributed by atoms with van der Waals surface area (Å²) in [5, 5.41) is 14.5. The fourth-order valence-electron chi connectivity index (χ4n) is 10.9. The second-order valence-corrected chi connectivity index (χ2v) is 17.7. The van der Waals surface area contributed by atoms with Crippen LogP contribution in [0.5, 0.6) is 0 Å².